The Bertz CT molecular complexity index is 677. The Balaban J connectivity index is 0.00000139. The van der Waals surface area contributed by atoms with Gasteiger partial charge in [0.2, 0.25) is 0 Å². The van der Waals surface area contributed by atoms with Crippen molar-refractivity contribution in [2.24, 2.45) is 0 Å². The van der Waals surface area contributed by atoms with E-state index in [0.29, 0.717) is 6.54 Å². The summed E-state index contributed by atoms with van der Waals surface area (Å²) in [5.41, 5.74) is 1.83. The standard InChI is InChI=1S/C18H22FNOP.ClH.Ti/c1-12-5-7-15(21)17(9-12)22-16-8-6-14(19)10-13(16)11-20-18(2,3)4;;/h5-10,21-22H,11H2,1-4H3;1H;/q-1;;+2/p-1. The minimum absolute atomic E-state index is 0.155. The van der Waals surface area contributed by atoms with E-state index in [4.69, 9.17) is 0 Å². The summed E-state index contributed by atoms with van der Waals surface area (Å²) in [5, 5.41) is 16.5. The number of halogens is 2. The van der Waals surface area contributed by atoms with Crippen LogP contribution in [0.3, 0.4) is 0 Å². The van der Waals surface area contributed by atoms with E-state index >= 15 is 0 Å². The first-order valence-corrected chi connectivity index (χ1v) is 10.6. The van der Waals surface area contributed by atoms with Gasteiger partial charge in [-0.25, -0.2) is 4.39 Å². The van der Waals surface area contributed by atoms with Gasteiger partial charge in [-0.2, -0.15) is 0 Å². The quantitative estimate of drug-likeness (QED) is 0.578. The molecule has 0 bridgehead atoms. The van der Waals surface area contributed by atoms with E-state index in [0.717, 1.165) is 21.7 Å². The Hall–Kier alpha value is -0.436. The van der Waals surface area contributed by atoms with Crippen molar-refractivity contribution < 1.29 is 28.9 Å². The summed E-state index contributed by atoms with van der Waals surface area (Å²) in [6.07, 6.45) is 0. The molecule has 6 heteroatoms. The Labute approximate surface area is 161 Å². The SMILES string of the molecule is Cc1ccc(O)c(Pc2ccc(F)cc2C[N-]C(C)(C)C)c1.[Cl][Ti+]. The van der Waals surface area contributed by atoms with Crippen LogP contribution < -0.4 is 10.6 Å². The second-order valence-electron chi connectivity index (χ2n) is 6.43. The van der Waals surface area contributed by atoms with Gasteiger partial charge >= 0.3 is 28.7 Å². The zero-order chi connectivity index (χ0) is 18.3. The molecule has 0 saturated carbocycles. The number of hydrogen-bond donors (Lipinski definition) is 1. The molecule has 24 heavy (non-hydrogen) atoms. The van der Waals surface area contributed by atoms with Gasteiger partial charge < -0.3 is 10.4 Å². The molecule has 2 rings (SSSR count). The maximum absolute atomic E-state index is 13.6. The molecule has 1 atom stereocenters. The third kappa shape index (κ3) is 7.21. The van der Waals surface area contributed by atoms with Gasteiger partial charge in [-0.3, -0.25) is 0 Å². The first kappa shape index (κ1) is 21.6. The van der Waals surface area contributed by atoms with Crippen LogP contribution in [0.15, 0.2) is 36.4 Å². The molecule has 0 aliphatic carbocycles. The average Bonchev–Trinajstić information content (AvgIpc) is 2.52. The Kier molecular flexibility index (Phi) is 8.91. The third-order valence-corrected chi connectivity index (χ3v) is 4.64. The van der Waals surface area contributed by atoms with Crippen molar-refractivity contribution in [3.8, 4) is 5.75 Å². The number of nitrogens with zero attached hydrogens (tertiary/aromatic N) is 1. The second-order valence-corrected chi connectivity index (χ2v) is 7.76. The van der Waals surface area contributed by atoms with E-state index < -0.39 is 0 Å². The van der Waals surface area contributed by atoms with Gasteiger partial charge in [0, 0.05) is 5.30 Å². The second kappa shape index (κ2) is 9.89. The van der Waals surface area contributed by atoms with Gasteiger partial charge in [-0.15, -0.1) is 12.1 Å². The monoisotopic (exact) mass is 401 g/mol. The van der Waals surface area contributed by atoms with E-state index in [1.165, 1.54) is 25.4 Å². The molecule has 2 nitrogen and oxygen atoms in total. The van der Waals surface area contributed by atoms with Crippen LogP contribution in [0, 0.1) is 12.7 Å². The number of phenolic OH excluding ortho intramolecular Hbond substituents is 1. The molecule has 0 amide bonds. The van der Waals surface area contributed by atoms with Gasteiger partial charge in [-0.1, -0.05) is 52.6 Å². The molecule has 1 unspecified atom stereocenters. The van der Waals surface area contributed by atoms with Crippen molar-refractivity contribution in [1.82, 2.24) is 0 Å². The van der Waals surface area contributed by atoms with E-state index in [9.17, 15) is 9.50 Å². The molecule has 0 radical (unpaired) electrons. The molecule has 0 saturated heterocycles. The van der Waals surface area contributed by atoms with Gasteiger partial charge in [-0.05, 0) is 36.5 Å². The first-order valence-electron chi connectivity index (χ1n) is 7.47. The van der Waals surface area contributed by atoms with Gasteiger partial charge in [0.25, 0.3) is 0 Å². The average molecular weight is 402 g/mol. The van der Waals surface area contributed by atoms with E-state index in [-0.39, 0.29) is 25.7 Å². The van der Waals surface area contributed by atoms with Crippen LogP contribution in [0.2, 0.25) is 0 Å². The fraction of sp³-hybridized carbons (Fsp3) is 0.333. The number of aromatic hydroxyl groups is 1. The maximum atomic E-state index is 13.6. The summed E-state index contributed by atoms with van der Waals surface area (Å²) in [6.45, 7) is 8.56. The number of aryl methyl sites for hydroxylation is 1. The summed E-state index contributed by atoms with van der Waals surface area (Å²) >= 11 is 1.47. The van der Waals surface area contributed by atoms with Crippen molar-refractivity contribution in [3.63, 3.8) is 0 Å². The van der Waals surface area contributed by atoms with E-state index in [1.54, 1.807) is 18.2 Å². The Morgan fingerprint density at radius 2 is 1.79 bits per heavy atom. The van der Waals surface area contributed by atoms with Crippen LogP contribution >= 0.6 is 17.9 Å². The predicted octanol–water partition coefficient (Wildman–Crippen LogP) is 4.83. The van der Waals surface area contributed by atoms with Crippen molar-refractivity contribution in [1.29, 1.82) is 0 Å². The van der Waals surface area contributed by atoms with Crippen molar-refractivity contribution in [2.75, 3.05) is 0 Å². The summed E-state index contributed by atoms with van der Waals surface area (Å²) in [6, 6.07) is 10.4. The fourth-order valence-corrected chi connectivity index (χ4v) is 3.31. The summed E-state index contributed by atoms with van der Waals surface area (Å²) < 4.78 is 13.6. The van der Waals surface area contributed by atoms with Gasteiger partial charge in [0.15, 0.2) is 0 Å². The van der Waals surface area contributed by atoms with Gasteiger partial charge in [0.1, 0.15) is 11.6 Å². The Morgan fingerprint density at radius 3 is 2.42 bits per heavy atom. The van der Waals surface area contributed by atoms with Crippen LogP contribution in [0.1, 0.15) is 31.9 Å². The fourth-order valence-electron chi connectivity index (χ4n) is 2.03. The van der Waals surface area contributed by atoms with Crippen molar-refractivity contribution >= 4 is 28.5 Å². The molecular formula is C18H22ClFNOPTi. The predicted molar refractivity (Wildman–Crippen MR) is 99.5 cm³/mol. The van der Waals surface area contributed by atoms with Crippen LogP contribution in [0.25, 0.3) is 5.32 Å². The normalized spacial score (nSPS) is 11.4. The molecule has 0 aromatic heterocycles. The molecule has 2 aromatic rings. The van der Waals surface area contributed by atoms with E-state index in [2.05, 4.69) is 14.6 Å². The number of hydrogen-bond acceptors (Lipinski definition) is 1. The molecule has 0 spiro atoms. The van der Waals surface area contributed by atoms with Crippen molar-refractivity contribution in [2.45, 2.75) is 39.8 Å². The van der Waals surface area contributed by atoms with Crippen LogP contribution in [-0.4, -0.2) is 10.6 Å². The number of benzene rings is 2. The molecule has 0 fully saturated rings. The zero-order valence-corrected chi connectivity index (χ0v) is 17.6. The first-order chi connectivity index (χ1) is 11.2. The molecule has 128 valence electrons. The Morgan fingerprint density at radius 1 is 1.12 bits per heavy atom. The molecule has 2 aromatic carbocycles. The minimum atomic E-state index is -0.249. The zero-order valence-electron chi connectivity index (χ0n) is 14.3. The third-order valence-electron chi connectivity index (χ3n) is 3.21. The van der Waals surface area contributed by atoms with Crippen LogP contribution in [-0.2, 0) is 25.9 Å². The molecule has 0 heterocycles. The summed E-state index contributed by atoms with van der Waals surface area (Å²) in [4.78, 5) is 0. The number of phenols is 1. The number of rotatable bonds is 4. The molecule has 1 N–H and O–H groups in total. The van der Waals surface area contributed by atoms with Crippen LogP contribution in [0.5, 0.6) is 5.75 Å². The molecule has 0 aliphatic heterocycles. The topological polar surface area (TPSA) is 34.3 Å². The molecule has 0 aliphatic rings. The summed E-state index contributed by atoms with van der Waals surface area (Å²) in [7, 11) is 4.92. The van der Waals surface area contributed by atoms with Gasteiger partial charge in [0.05, 0.1) is 0 Å². The molecular weight excluding hydrogens is 379 g/mol. The van der Waals surface area contributed by atoms with E-state index in [1.807, 2.05) is 39.8 Å². The van der Waals surface area contributed by atoms with Crippen molar-refractivity contribution in [3.05, 3.63) is 58.7 Å². The summed E-state index contributed by atoms with van der Waals surface area (Å²) in [5.74, 6) is 0.0353. The van der Waals surface area contributed by atoms with Crippen LogP contribution in [0.4, 0.5) is 4.39 Å².